The van der Waals surface area contributed by atoms with Crippen LogP contribution >= 0.6 is 0 Å². The van der Waals surface area contributed by atoms with Crippen molar-refractivity contribution in [2.45, 2.75) is 45.4 Å². The monoisotopic (exact) mass is 272 g/mol. The summed E-state index contributed by atoms with van der Waals surface area (Å²) < 4.78 is 0. The van der Waals surface area contributed by atoms with Crippen LogP contribution in [0.25, 0.3) is 0 Å². The average molecular weight is 272 g/mol. The normalized spacial score (nSPS) is 8.68. The van der Waals surface area contributed by atoms with Crippen molar-refractivity contribution in [2.24, 2.45) is 0 Å². The number of benzene rings is 1. The Labute approximate surface area is 137 Å². The molecule has 1 N–H and O–H groups in total. The van der Waals surface area contributed by atoms with E-state index in [1.165, 1.54) is 25.7 Å². The molecule has 0 atom stereocenters. The molecule has 1 aromatic rings. The van der Waals surface area contributed by atoms with Crippen LogP contribution in [0.1, 0.15) is 55.8 Å². The summed E-state index contributed by atoms with van der Waals surface area (Å²) in [6, 6.07) is 8.30. The molecule has 1 rings (SSSR count). The van der Waals surface area contributed by atoms with Gasteiger partial charge in [0.1, 0.15) is 0 Å². The van der Waals surface area contributed by atoms with Crippen molar-refractivity contribution in [2.75, 3.05) is 0 Å². The molecule has 0 aliphatic carbocycles. The summed E-state index contributed by atoms with van der Waals surface area (Å²) in [5.74, 6) is -0.879. The molecule has 0 unspecified atom stereocenters. The first kappa shape index (κ1) is 20.7. The van der Waals surface area contributed by atoms with Crippen LogP contribution < -0.4 is 29.6 Å². The summed E-state index contributed by atoms with van der Waals surface area (Å²) in [5, 5.41) is 8.38. The van der Waals surface area contributed by atoms with E-state index in [-0.39, 0.29) is 29.6 Å². The van der Waals surface area contributed by atoms with Gasteiger partial charge in [-0.3, -0.25) is 6.29 Å². The molecule has 0 saturated carbocycles. The number of rotatable bonds is 7. The van der Waals surface area contributed by atoms with Gasteiger partial charge in [0.05, 0.1) is 5.56 Å². The molecule has 0 bridgehead atoms. The van der Waals surface area contributed by atoms with Gasteiger partial charge in [-0.1, -0.05) is 57.2 Å². The predicted octanol–water partition coefficient (Wildman–Crippen LogP) is 0.845. The Morgan fingerprint density at radius 3 is 2.11 bits per heavy atom. The first-order valence-electron chi connectivity index (χ1n) is 6.35. The van der Waals surface area contributed by atoms with Crippen LogP contribution in [0.3, 0.4) is 0 Å². The first-order valence-corrected chi connectivity index (χ1v) is 6.35. The second kappa shape index (κ2) is 15.4. The van der Waals surface area contributed by atoms with Gasteiger partial charge >= 0.3 is 35.5 Å². The van der Waals surface area contributed by atoms with Gasteiger partial charge in [0.15, 0.2) is 0 Å². The Hall–Kier alpha value is -0.640. The maximum atomic E-state index is 10.2. The molecular formula is C15H21NaO3. The summed E-state index contributed by atoms with van der Waals surface area (Å²) in [5.41, 5.74) is 0.331. The molecule has 0 heterocycles. The van der Waals surface area contributed by atoms with Crippen LogP contribution in [-0.2, 0) is 4.79 Å². The largest absolute Gasteiger partial charge is 1.00 e. The molecule has 3 nitrogen and oxygen atoms in total. The van der Waals surface area contributed by atoms with Gasteiger partial charge in [-0.15, -0.1) is 0 Å². The number of carbonyl (C=O) groups is 1. The molecule has 4 heteroatoms. The third-order valence-corrected chi connectivity index (χ3v) is 2.40. The molecule has 0 amide bonds. The Bertz CT molecular complexity index is 325. The first-order chi connectivity index (χ1) is 8.72. The van der Waals surface area contributed by atoms with E-state index in [1.54, 1.807) is 30.3 Å². The fourth-order valence-electron chi connectivity index (χ4n) is 1.38. The van der Waals surface area contributed by atoms with Crippen molar-refractivity contribution < 1.29 is 44.3 Å². The van der Waals surface area contributed by atoms with Gasteiger partial charge < -0.3 is 9.90 Å². The standard InChI is InChI=1S/C8H15O.C7H6O2.Na/c1-2-3-4-5-6-7-8-9;8-7(9)6-4-2-1-3-5-6;/h2-7H2,1H3;1-5H,(H,8,9);/q-1;;+1. The van der Waals surface area contributed by atoms with Crippen LogP contribution in [0.4, 0.5) is 0 Å². The summed E-state index contributed by atoms with van der Waals surface area (Å²) in [6.45, 7) is 2.19. The minimum atomic E-state index is -0.879. The Kier molecular flexibility index (Phi) is 16.8. The number of carboxylic acids is 1. The molecule has 0 spiro atoms. The smallest absolute Gasteiger partial charge is 0.542 e. The fraction of sp³-hybridized carbons (Fsp3) is 0.467. The molecule has 100 valence electrons. The van der Waals surface area contributed by atoms with Crippen LogP contribution in [-0.4, -0.2) is 17.4 Å². The third-order valence-electron chi connectivity index (χ3n) is 2.40. The topological polar surface area (TPSA) is 54.4 Å². The van der Waals surface area contributed by atoms with Gasteiger partial charge in [0.2, 0.25) is 0 Å². The van der Waals surface area contributed by atoms with Gasteiger partial charge in [-0.05, 0) is 12.1 Å². The minimum Gasteiger partial charge on any atom is -0.542 e. The van der Waals surface area contributed by atoms with Gasteiger partial charge in [0, 0.05) is 0 Å². The fourth-order valence-corrected chi connectivity index (χ4v) is 1.38. The van der Waals surface area contributed by atoms with Crippen LogP contribution in [0, 0.1) is 0 Å². The maximum absolute atomic E-state index is 10.2. The van der Waals surface area contributed by atoms with Crippen molar-refractivity contribution in [1.29, 1.82) is 0 Å². The Morgan fingerprint density at radius 1 is 1.11 bits per heavy atom. The third kappa shape index (κ3) is 13.6. The number of carbonyl (C=O) groups excluding carboxylic acids is 1. The molecule has 0 saturated heterocycles. The molecule has 0 fully saturated rings. The zero-order valence-electron chi connectivity index (χ0n) is 11.9. The number of unbranched alkanes of at least 4 members (excludes halogenated alkanes) is 5. The van der Waals surface area contributed by atoms with Crippen LogP contribution in [0.15, 0.2) is 30.3 Å². The van der Waals surface area contributed by atoms with E-state index in [2.05, 4.69) is 6.92 Å². The number of hydrogen-bond donors (Lipinski definition) is 1. The van der Waals surface area contributed by atoms with Crippen molar-refractivity contribution in [3.8, 4) is 0 Å². The second-order valence-electron chi connectivity index (χ2n) is 3.98. The molecule has 19 heavy (non-hydrogen) atoms. The molecular weight excluding hydrogens is 251 g/mol. The van der Waals surface area contributed by atoms with Crippen molar-refractivity contribution >= 4 is 12.3 Å². The SMILES string of the molecule is CCCCCCC[C-]=O.O=C(O)c1ccccc1.[Na+]. The molecule has 0 aliphatic heterocycles. The zero-order chi connectivity index (χ0) is 13.6. The van der Waals surface area contributed by atoms with Crippen molar-refractivity contribution in [3.05, 3.63) is 35.9 Å². The van der Waals surface area contributed by atoms with Crippen molar-refractivity contribution in [3.63, 3.8) is 0 Å². The quantitative estimate of drug-likeness (QED) is 0.455. The Balaban J connectivity index is 0. The van der Waals surface area contributed by atoms with E-state index in [0.29, 0.717) is 12.0 Å². The van der Waals surface area contributed by atoms with Crippen LogP contribution in [0.2, 0.25) is 0 Å². The number of carboxylic acid groups (broad SMARTS) is 1. The van der Waals surface area contributed by atoms with Gasteiger partial charge in [-0.25, -0.2) is 4.79 Å². The number of aromatic carboxylic acids is 1. The van der Waals surface area contributed by atoms with E-state index in [1.807, 2.05) is 6.29 Å². The number of hydrogen-bond acceptors (Lipinski definition) is 2. The van der Waals surface area contributed by atoms with E-state index in [4.69, 9.17) is 5.11 Å². The van der Waals surface area contributed by atoms with E-state index >= 15 is 0 Å². The van der Waals surface area contributed by atoms with Gasteiger partial charge in [0.25, 0.3) is 0 Å². The second-order valence-corrected chi connectivity index (χ2v) is 3.98. The maximum Gasteiger partial charge on any atom is 1.00 e. The molecule has 0 radical (unpaired) electrons. The van der Waals surface area contributed by atoms with E-state index < -0.39 is 5.97 Å². The summed E-state index contributed by atoms with van der Waals surface area (Å²) in [4.78, 5) is 19.9. The minimum absolute atomic E-state index is 0. The van der Waals surface area contributed by atoms with Gasteiger partial charge in [-0.2, -0.15) is 6.42 Å². The Morgan fingerprint density at radius 2 is 1.68 bits per heavy atom. The zero-order valence-corrected chi connectivity index (χ0v) is 13.9. The van der Waals surface area contributed by atoms with Crippen molar-refractivity contribution in [1.82, 2.24) is 0 Å². The molecule has 0 aliphatic rings. The summed E-state index contributed by atoms with van der Waals surface area (Å²) in [6.07, 6.45) is 8.60. The van der Waals surface area contributed by atoms with E-state index in [9.17, 15) is 9.59 Å². The molecule has 1 aromatic carbocycles. The van der Waals surface area contributed by atoms with E-state index in [0.717, 1.165) is 6.42 Å². The average Bonchev–Trinajstić information content (AvgIpc) is 2.40. The van der Waals surface area contributed by atoms with Crippen LogP contribution in [0.5, 0.6) is 0 Å². The predicted molar refractivity (Wildman–Crippen MR) is 72.5 cm³/mol. The summed E-state index contributed by atoms with van der Waals surface area (Å²) >= 11 is 0. The summed E-state index contributed by atoms with van der Waals surface area (Å²) in [7, 11) is 0. The molecule has 0 aromatic heterocycles.